The number of nitrogens with zero attached hydrogens (tertiary/aromatic N) is 5. The van der Waals surface area contributed by atoms with Crippen molar-refractivity contribution in [2.45, 2.75) is 63.3 Å². The fourth-order valence-corrected chi connectivity index (χ4v) is 3.98. The van der Waals surface area contributed by atoms with E-state index in [1.54, 1.807) is 0 Å². The van der Waals surface area contributed by atoms with Crippen molar-refractivity contribution in [3.63, 3.8) is 0 Å². The lowest BCUT2D eigenvalue weighted by Crippen LogP contribution is -2.35. The van der Waals surface area contributed by atoms with E-state index in [9.17, 15) is 4.79 Å². The van der Waals surface area contributed by atoms with Gasteiger partial charge in [0, 0.05) is 30.9 Å². The number of rotatable bonds is 6. The molecule has 1 atom stereocenters. The van der Waals surface area contributed by atoms with Gasteiger partial charge in [0.05, 0.1) is 6.04 Å². The van der Waals surface area contributed by atoms with Crippen molar-refractivity contribution < 1.29 is 13.8 Å². The molecule has 8 heteroatoms. The summed E-state index contributed by atoms with van der Waals surface area (Å²) in [5.41, 5.74) is 0.880. The maximum atomic E-state index is 13.1. The van der Waals surface area contributed by atoms with Crippen LogP contribution >= 0.6 is 0 Å². The molecule has 2 aromatic heterocycles. The average Bonchev–Trinajstić information content (AvgIpc) is 3.41. The summed E-state index contributed by atoms with van der Waals surface area (Å²) < 4.78 is 10.8. The third-order valence-electron chi connectivity index (χ3n) is 5.81. The second-order valence-electron chi connectivity index (χ2n) is 8.10. The molecule has 1 saturated heterocycles. The molecular formula is C22H25N5O3. The highest BCUT2D eigenvalue weighted by Gasteiger charge is 2.31. The third-order valence-corrected chi connectivity index (χ3v) is 5.81. The van der Waals surface area contributed by atoms with Gasteiger partial charge in [-0.1, -0.05) is 41.4 Å². The van der Waals surface area contributed by atoms with E-state index in [1.807, 2.05) is 35.2 Å². The minimum Gasteiger partial charge on any atom is -0.339 e. The average molecular weight is 407 g/mol. The molecule has 30 heavy (non-hydrogen) atoms. The minimum absolute atomic E-state index is 0.0686. The van der Waals surface area contributed by atoms with E-state index in [2.05, 4.69) is 20.3 Å². The van der Waals surface area contributed by atoms with Crippen LogP contribution < -0.4 is 0 Å². The van der Waals surface area contributed by atoms with E-state index in [1.165, 1.54) is 0 Å². The second-order valence-corrected chi connectivity index (χ2v) is 8.10. The van der Waals surface area contributed by atoms with E-state index in [-0.39, 0.29) is 11.9 Å². The van der Waals surface area contributed by atoms with Gasteiger partial charge >= 0.3 is 0 Å². The van der Waals surface area contributed by atoms with Gasteiger partial charge in [0.25, 0.3) is 5.89 Å². The molecular weight excluding hydrogens is 382 g/mol. The number of hydrogen-bond acceptors (Lipinski definition) is 7. The SMILES string of the molecule is O=C(CCc1nc(C2CC2)no1)N1CCCCCC1c1noc(-c2ccccc2)n1. The Morgan fingerprint density at radius 2 is 1.80 bits per heavy atom. The maximum Gasteiger partial charge on any atom is 0.257 e. The molecule has 0 radical (unpaired) electrons. The molecule has 5 rings (SSSR count). The fourth-order valence-electron chi connectivity index (χ4n) is 3.98. The van der Waals surface area contributed by atoms with Gasteiger partial charge < -0.3 is 13.9 Å². The second kappa shape index (κ2) is 8.38. The first kappa shape index (κ1) is 19.0. The van der Waals surface area contributed by atoms with Crippen LogP contribution in [0.5, 0.6) is 0 Å². The quantitative estimate of drug-likeness (QED) is 0.607. The third kappa shape index (κ3) is 4.13. The van der Waals surface area contributed by atoms with E-state index in [0.717, 1.165) is 49.9 Å². The maximum absolute atomic E-state index is 13.1. The van der Waals surface area contributed by atoms with Gasteiger partial charge in [-0.15, -0.1) is 0 Å². The molecule has 0 spiro atoms. The van der Waals surface area contributed by atoms with E-state index in [4.69, 9.17) is 9.05 Å². The predicted octanol–water partition coefficient (Wildman–Crippen LogP) is 4.07. The molecule has 1 unspecified atom stereocenters. The summed E-state index contributed by atoms with van der Waals surface area (Å²) in [6, 6.07) is 9.54. The van der Waals surface area contributed by atoms with Crippen molar-refractivity contribution >= 4 is 5.91 Å². The molecule has 156 valence electrons. The Bertz CT molecular complexity index is 995. The molecule has 1 aliphatic carbocycles. The Morgan fingerprint density at radius 1 is 0.967 bits per heavy atom. The Hall–Kier alpha value is -3.03. The fraction of sp³-hybridized carbons (Fsp3) is 0.500. The predicted molar refractivity (Wildman–Crippen MR) is 107 cm³/mol. The summed E-state index contributed by atoms with van der Waals surface area (Å²) in [5, 5.41) is 8.25. The van der Waals surface area contributed by atoms with Crippen LogP contribution in [0, 0.1) is 0 Å². The van der Waals surface area contributed by atoms with E-state index >= 15 is 0 Å². The molecule has 0 bridgehead atoms. The molecule has 1 aliphatic heterocycles. The normalized spacial score (nSPS) is 19.6. The standard InChI is InChI=1S/C22H25N5O3/c28-19(13-12-18-23-20(25-29-18)15-10-11-15)27-14-6-2-5-9-17(27)21-24-22(30-26-21)16-7-3-1-4-8-16/h1,3-4,7-8,15,17H,2,5-6,9-14H2. The number of aromatic nitrogens is 4. The number of hydrogen-bond donors (Lipinski definition) is 0. The minimum atomic E-state index is -0.161. The summed E-state index contributed by atoms with van der Waals surface area (Å²) in [6.45, 7) is 0.704. The van der Waals surface area contributed by atoms with Crippen LogP contribution in [0.25, 0.3) is 11.5 Å². The van der Waals surface area contributed by atoms with Gasteiger partial charge in [0.1, 0.15) is 0 Å². The van der Waals surface area contributed by atoms with Crippen LogP contribution in [-0.2, 0) is 11.2 Å². The first-order valence-electron chi connectivity index (χ1n) is 10.8. The number of carbonyl (C=O) groups excluding carboxylic acids is 1. The van der Waals surface area contributed by atoms with Crippen molar-refractivity contribution in [3.8, 4) is 11.5 Å². The molecule has 2 aliphatic rings. The van der Waals surface area contributed by atoms with E-state index < -0.39 is 0 Å². The van der Waals surface area contributed by atoms with Gasteiger partial charge in [0.2, 0.25) is 11.8 Å². The van der Waals surface area contributed by atoms with Gasteiger partial charge in [-0.25, -0.2) is 0 Å². The number of likely N-dealkylation sites (tertiary alicyclic amines) is 1. The number of benzene rings is 1. The smallest absolute Gasteiger partial charge is 0.257 e. The van der Waals surface area contributed by atoms with Crippen molar-refractivity contribution in [2.24, 2.45) is 0 Å². The van der Waals surface area contributed by atoms with Crippen LogP contribution in [0.2, 0.25) is 0 Å². The summed E-state index contributed by atoms with van der Waals surface area (Å²) >= 11 is 0. The van der Waals surface area contributed by atoms with E-state index in [0.29, 0.717) is 42.9 Å². The number of carbonyl (C=O) groups is 1. The highest BCUT2D eigenvalue weighted by molar-refractivity contribution is 5.76. The monoisotopic (exact) mass is 407 g/mol. The van der Waals surface area contributed by atoms with Crippen molar-refractivity contribution in [3.05, 3.63) is 47.9 Å². The Kier molecular flexibility index (Phi) is 5.29. The van der Waals surface area contributed by atoms with Gasteiger partial charge in [0.15, 0.2) is 11.6 Å². The van der Waals surface area contributed by atoms with Crippen molar-refractivity contribution in [1.29, 1.82) is 0 Å². The molecule has 1 aromatic carbocycles. The molecule has 0 N–H and O–H groups in total. The molecule has 3 heterocycles. The Morgan fingerprint density at radius 3 is 2.63 bits per heavy atom. The molecule has 8 nitrogen and oxygen atoms in total. The van der Waals surface area contributed by atoms with Crippen LogP contribution in [-0.4, -0.2) is 37.6 Å². The lowest BCUT2D eigenvalue weighted by Gasteiger charge is -2.27. The zero-order valence-corrected chi connectivity index (χ0v) is 16.9. The zero-order chi connectivity index (χ0) is 20.3. The highest BCUT2D eigenvalue weighted by Crippen LogP contribution is 2.38. The Labute approximate surface area is 174 Å². The topological polar surface area (TPSA) is 98.2 Å². The first-order chi connectivity index (χ1) is 14.8. The largest absolute Gasteiger partial charge is 0.339 e. The van der Waals surface area contributed by atoms with Crippen molar-refractivity contribution in [1.82, 2.24) is 25.2 Å². The van der Waals surface area contributed by atoms with Crippen LogP contribution in [0.3, 0.4) is 0 Å². The van der Waals surface area contributed by atoms with Crippen LogP contribution in [0.4, 0.5) is 0 Å². The molecule has 2 fully saturated rings. The molecule has 3 aromatic rings. The Balaban J connectivity index is 1.29. The summed E-state index contributed by atoms with van der Waals surface area (Å²) in [6.07, 6.45) is 7.02. The molecule has 1 amide bonds. The first-order valence-corrected chi connectivity index (χ1v) is 10.8. The number of amides is 1. The summed E-state index contributed by atoms with van der Waals surface area (Å²) in [4.78, 5) is 24.0. The van der Waals surface area contributed by atoms with Gasteiger partial charge in [-0.05, 0) is 37.8 Å². The number of aryl methyl sites for hydroxylation is 1. The summed E-state index contributed by atoms with van der Waals surface area (Å²) in [5.74, 6) is 2.91. The lowest BCUT2D eigenvalue weighted by atomic mass is 10.1. The molecule has 1 saturated carbocycles. The van der Waals surface area contributed by atoms with Crippen LogP contribution in [0.1, 0.15) is 74.4 Å². The van der Waals surface area contributed by atoms with Gasteiger partial charge in [-0.2, -0.15) is 9.97 Å². The highest BCUT2D eigenvalue weighted by atomic mass is 16.5. The lowest BCUT2D eigenvalue weighted by molar-refractivity contribution is -0.133. The summed E-state index contributed by atoms with van der Waals surface area (Å²) in [7, 11) is 0. The van der Waals surface area contributed by atoms with Gasteiger partial charge in [-0.3, -0.25) is 4.79 Å². The van der Waals surface area contributed by atoms with Crippen LogP contribution in [0.15, 0.2) is 39.4 Å². The zero-order valence-electron chi connectivity index (χ0n) is 16.9. The van der Waals surface area contributed by atoms with Crippen molar-refractivity contribution in [2.75, 3.05) is 6.54 Å².